The van der Waals surface area contributed by atoms with Crippen molar-refractivity contribution in [3.63, 3.8) is 0 Å². The van der Waals surface area contributed by atoms with E-state index in [4.69, 9.17) is 4.74 Å². The van der Waals surface area contributed by atoms with Crippen LogP contribution >= 0.6 is 0 Å². The zero-order valence-electron chi connectivity index (χ0n) is 21.1. The van der Waals surface area contributed by atoms with Crippen LogP contribution < -0.4 is 15.4 Å². The van der Waals surface area contributed by atoms with Crippen molar-refractivity contribution in [2.45, 2.75) is 77.6 Å². The third-order valence-electron chi connectivity index (χ3n) is 6.36. The maximum Gasteiger partial charge on any atom is 0.323 e. The minimum Gasteiger partial charge on any atom is -0.487 e. The number of hydrogen-bond donors (Lipinski definition) is 4. The Morgan fingerprint density at radius 1 is 1.09 bits per heavy atom. The molecule has 0 saturated heterocycles. The topological polar surface area (TPSA) is 117 Å². The molecule has 1 heterocycles. The summed E-state index contributed by atoms with van der Waals surface area (Å²) in [6.45, 7) is 7.97. The fourth-order valence-corrected chi connectivity index (χ4v) is 4.57. The number of amides is 2. The number of benzene rings is 2. The van der Waals surface area contributed by atoms with E-state index in [1.165, 1.54) is 7.11 Å². The van der Waals surface area contributed by atoms with E-state index in [1.807, 2.05) is 58.0 Å². The highest BCUT2D eigenvalue weighted by molar-refractivity contribution is 6.01. The van der Waals surface area contributed by atoms with E-state index in [-0.39, 0.29) is 24.5 Å². The van der Waals surface area contributed by atoms with Crippen LogP contribution in [0.5, 0.6) is 5.75 Å². The fraction of sp³-hybridized carbons (Fsp3) is 0.481. The lowest BCUT2D eigenvalue weighted by Crippen LogP contribution is -2.25. The van der Waals surface area contributed by atoms with E-state index >= 15 is 0 Å². The van der Waals surface area contributed by atoms with Gasteiger partial charge in [-0.1, -0.05) is 18.2 Å². The quantitative estimate of drug-likeness (QED) is 0.395. The lowest BCUT2D eigenvalue weighted by molar-refractivity contribution is -0.143. The first-order valence-corrected chi connectivity index (χ1v) is 11.9. The third kappa shape index (κ3) is 6.74. The molecule has 0 radical (unpaired) electrons. The van der Waals surface area contributed by atoms with Crippen LogP contribution in [0.25, 0.3) is 0 Å². The van der Waals surface area contributed by atoms with Crippen molar-refractivity contribution in [1.29, 1.82) is 0 Å². The predicted octanol–water partition coefficient (Wildman–Crippen LogP) is 4.27. The summed E-state index contributed by atoms with van der Waals surface area (Å²) in [5.41, 5.74) is 4.86. The summed E-state index contributed by atoms with van der Waals surface area (Å²) in [7, 11) is 1.26. The standard InChI is InChI=1S/C27H36N2O6/c1-16-21(12-11-19(30)13-20(31)14-23(32)34-5)25-22(15-27(3,4)35-25)17(2)24(16)29-26(33)28-18-9-7-6-8-10-18/h6-10,19-20,30-31H,11-15H2,1-5H3,(H2,28,29,33). The number of aliphatic hydroxyl groups excluding tert-OH is 2. The molecule has 8 heteroatoms. The highest BCUT2D eigenvalue weighted by Gasteiger charge is 2.35. The van der Waals surface area contributed by atoms with Crippen molar-refractivity contribution in [2.75, 3.05) is 17.7 Å². The number of anilines is 2. The first kappa shape index (κ1) is 26.5. The maximum absolute atomic E-state index is 12.8. The van der Waals surface area contributed by atoms with Crippen LogP contribution in [0.2, 0.25) is 0 Å². The number of ether oxygens (including phenoxy) is 2. The van der Waals surface area contributed by atoms with Crippen molar-refractivity contribution < 1.29 is 29.3 Å². The average Bonchev–Trinajstić information content (AvgIpc) is 3.12. The lowest BCUT2D eigenvalue weighted by atomic mass is 9.89. The Balaban J connectivity index is 1.81. The third-order valence-corrected chi connectivity index (χ3v) is 6.36. The maximum atomic E-state index is 12.8. The molecule has 4 N–H and O–H groups in total. The number of para-hydroxylation sites is 1. The molecular weight excluding hydrogens is 448 g/mol. The highest BCUT2D eigenvalue weighted by atomic mass is 16.5. The van der Waals surface area contributed by atoms with Crippen LogP contribution in [0.3, 0.4) is 0 Å². The number of aliphatic hydroxyl groups is 2. The molecule has 2 aromatic rings. The molecule has 0 spiro atoms. The molecule has 35 heavy (non-hydrogen) atoms. The number of esters is 1. The molecule has 2 unspecified atom stereocenters. The summed E-state index contributed by atoms with van der Waals surface area (Å²) in [6, 6.07) is 8.89. The van der Waals surface area contributed by atoms with Gasteiger partial charge in [0.1, 0.15) is 11.4 Å². The number of nitrogens with one attached hydrogen (secondary N) is 2. The van der Waals surface area contributed by atoms with E-state index in [2.05, 4.69) is 15.4 Å². The van der Waals surface area contributed by atoms with Crippen LogP contribution in [0.4, 0.5) is 16.2 Å². The molecule has 190 valence electrons. The number of rotatable bonds is 9. The number of fused-ring (bicyclic) bond motifs is 1. The van der Waals surface area contributed by atoms with Gasteiger partial charge in [0.05, 0.1) is 25.7 Å². The second kappa shape index (κ2) is 11.1. The zero-order valence-corrected chi connectivity index (χ0v) is 21.1. The minimum atomic E-state index is -0.976. The summed E-state index contributed by atoms with van der Waals surface area (Å²) in [6.07, 6.45) is -0.307. The summed E-state index contributed by atoms with van der Waals surface area (Å²) >= 11 is 0. The molecular formula is C27H36N2O6. The smallest absolute Gasteiger partial charge is 0.323 e. The molecule has 2 atom stereocenters. The van der Waals surface area contributed by atoms with Crippen LogP contribution in [-0.2, 0) is 22.4 Å². The first-order valence-electron chi connectivity index (χ1n) is 11.9. The molecule has 0 saturated carbocycles. The predicted molar refractivity (Wildman–Crippen MR) is 135 cm³/mol. The zero-order chi connectivity index (χ0) is 25.8. The molecule has 2 amide bonds. The summed E-state index contributed by atoms with van der Waals surface area (Å²) in [4.78, 5) is 24.1. The van der Waals surface area contributed by atoms with Gasteiger partial charge in [0.25, 0.3) is 0 Å². The number of methoxy groups -OCH3 is 1. The largest absolute Gasteiger partial charge is 0.487 e. The second-order valence-corrected chi connectivity index (χ2v) is 9.76. The monoisotopic (exact) mass is 484 g/mol. The van der Waals surface area contributed by atoms with Crippen molar-refractivity contribution in [2.24, 2.45) is 0 Å². The van der Waals surface area contributed by atoms with Gasteiger partial charge in [0, 0.05) is 23.4 Å². The Morgan fingerprint density at radius 2 is 1.77 bits per heavy atom. The SMILES string of the molecule is COC(=O)CC(O)CC(O)CCc1c(C)c(NC(=O)Nc2ccccc2)c(C)c2c1OC(C)(C)C2. The first-order chi connectivity index (χ1) is 16.5. The molecule has 1 aliphatic rings. The molecule has 2 aromatic carbocycles. The minimum absolute atomic E-state index is 0.0686. The number of hydrogen-bond acceptors (Lipinski definition) is 6. The van der Waals surface area contributed by atoms with Gasteiger partial charge in [0.2, 0.25) is 0 Å². The van der Waals surface area contributed by atoms with Gasteiger partial charge in [-0.3, -0.25) is 4.79 Å². The molecule has 1 aliphatic heterocycles. The molecule has 0 aliphatic carbocycles. The van der Waals surface area contributed by atoms with E-state index in [9.17, 15) is 19.8 Å². The summed E-state index contributed by atoms with van der Waals surface area (Å²) in [5, 5.41) is 26.4. The van der Waals surface area contributed by atoms with Crippen molar-refractivity contribution in [3.8, 4) is 5.75 Å². The van der Waals surface area contributed by atoms with Crippen LogP contribution in [0, 0.1) is 13.8 Å². The van der Waals surface area contributed by atoms with Gasteiger partial charge < -0.3 is 30.3 Å². The Labute approximate surface area is 206 Å². The van der Waals surface area contributed by atoms with Crippen LogP contribution in [-0.4, -0.2) is 47.1 Å². The molecule has 0 aromatic heterocycles. The molecule has 3 rings (SSSR count). The average molecular weight is 485 g/mol. The van der Waals surface area contributed by atoms with Gasteiger partial charge in [-0.15, -0.1) is 0 Å². The van der Waals surface area contributed by atoms with Crippen molar-refractivity contribution in [3.05, 3.63) is 52.6 Å². The summed E-state index contributed by atoms with van der Waals surface area (Å²) in [5.74, 6) is 0.290. The Kier molecular flexibility index (Phi) is 8.40. The van der Waals surface area contributed by atoms with E-state index in [1.54, 1.807) is 0 Å². The van der Waals surface area contributed by atoms with Gasteiger partial charge in [-0.2, -0.15) is 0 Å². The van der Waals surface area contributed by atoms with Gasteiger partial charge in [0.15, 0.2) is 0 Å². The molecule has 0 fully saturated rings. The Bertz CT molecular complexity index is 1070. The fourth-order valence-electron chi connectivity index (χ4n) is 4.57. The normalized spacial score (nSPS) is 15.5. The lowest BCUT2D eigenvalue weighted by Gasteiger charge is -2.22. The van der Waals surface area contributed by atoms with Gasteiger partial charge >= 0.3 is 12.0 Å². The van der Waals surface area contributed by atoms with Crippen LogP contribution in [0.15, 0.2) is 30.3 Å². The molecule has 0 bridgehead atoms. The van der Waals surface area contributed by atoms with Gasteiger partial charge in [-0.25, -0.2) is 4.79 Å². The summed E-state index contributed by atoms with van der Waals surface area (Å²) < 4.78 is 10.9. The Hall–Kier alpha value is -3.10. The molecule has 8 nitrogen and oxygen atoms in total. The Morgan fingerprint density at radius 3 is 2.43 bits per heavy atom. The van der Waals surface area contributed by atoms with Crippen LogP contribution in [0.1, 0.15) is 55.4 Å². The number of carbonyl (C=O) groups is 2. The van der Waals surface area contributed by atoms with E-state index < -0.39 is 18.2 Å². The number of urea groups is 1. The number of carbonyl (C=O) groups excluding carboxylic acids is 2. The second-order valence-electron chi connectivity index (χ2n) is 9.76. The van der Waals surface area contributed by atoms with E-state index in [0.29, 0.717) is 24.9 Å². The highest BCUT2D eigenvalue weighted by Crippen LogP contribution is 2.45. The van der Waals surface area contributed by atoms with Crippen molar-refractivity contribution >= 4 is 23.4 Å². The van der Waals surface area contributed by atoms with Crippen molar-refractivity contribution in [1.82, 2.24) is 0 Å². The van der Waals surface area contributed by atoms with E-state index in [0.717, 1.165) is 33.7 Å². The van der Waals surface area contributed by atoms with Gasteiger partial charge in [-0.05, 0) is 75.8 Å².